The van der Waals surface area contributed by atoms with Crippen molar-refractivity contribution < 1.29 is 14.2 Å². The monoisotopic (exact) mass is 417 g/mol. The number of aliphatic hydroxyl groups excluding tert-OH is 1. The predicted molar refractivity (Wildman–Crippen MR) is 119 cm³/mol. The van der Waals surface area contributed by atoms with E-state index in [1.54, 1.807) is 19.2 Å². The predicted octanol–water partition coefficient (Wildman–Crippen LogP) is 4.51. The molecular weight excluding hydrogens is 393 g/mol. The first-order valence-electron chi connectivity index (χ1n) is 10.1. The summed E-state index contributed by atoms with van der Waals surface area (Å²) in [7, 11) is 1.61. The van der Waals surface area contributed by atoms with E-state index in [2.05, 4.69) is 5.32 Å². The van der Waals surface area contributed by atoms with Crippen LogP contribution in [0.5, 0.6) is 5.75 Å². The molecule has 0 spiro atoms. The van der Waals surface area contributed by atoms with Crippen LogP contribution in [0.1, 0.15) is 17.2 Å². The van der Waals surface area contributed by atoms with Gasteiger partial charge < -0.3 is 15.2 Å². The van der Waals surface area contributed by atoms with Crippen LogP contribution in [0, 0.1) is 5.82 Å². The van der Waals surface area contributed by atoms with Crippen LogP contribution in [0.3, 0.4) is 0 Å². The van der Waals surface area contributed by atoms with Gasteiger partial charge >= 0.3 is 0 Å². The summed E-state index contributed by atoms with van der Waals surface area (Å²) in [6, 6.07) is 23.5. The lowest BCUT2D eigenvalue weighted by Crippen LogP contribution is -2.21. The average molecular weight is 417 g/mol. The van der Waals surface area contributed by atoms with Crippen LogP contribution in [0.2, 0.25) is 0 Å². The normalized spacial score (nSPS) is 12.0. The molecule has 1 unspecified atom stereocenters. The van der Waals surface area contributed by atoms with Crippen molar-refractivity contribution in [3.63, 3.8) is 0 Å². The van der Waals surface area contributed by atoms with Crippen LogP contribution >= 0.6 is 0 Å². The Morgan fingerprint density at radius 2 is 1.71 bits per heavy atom. The number of benzene rings is 3. The van der Waals surface area contributed by atoms with E-state index < -0.39 is 6.10 Å². The van der Waals surface area contributed by atoms with Gasteiger partial charge in [-0.2, -0.15) is 5.10 Å². The summed E-state index contributed by atoms with van der Waals surface area (Å²) in [5.74, 6) is 0.467. The summed E-state index contributed by atoms with van der Waals surface area (Å²) in [5, 5.41) is 18.5. The first kappa shape index (κ1) is 20.8. The standard InChI is InChI=1S/C25H24FN3O2/c1-31-23-13-9-18(10-14-23)24(30)16-27-15-20-17-29(22-5-3-2-4-6-22)28-25(20)19-7-11-21(26)12-8-19/h2-14,17,24,27,30H,15-16H2,1H3. The second-order valence-electron chi connectivity index (χ2n) is 7.21. The molecule has 1 atom stereocenters. The van der Waals surface area contributed by atoms with E-state index in [4.69, 9.17) is 9.84 Å². The van der Waals surface area contributed by atoms with Gasteiger partial charge in [-0.1, -0.05) is 30.3 Å². The van der Waals surface area contributed by atoms with E-state index in [1.165, 1.54) is 12.1 Å². The second kappa shape index (κ2) is 9.55. The molecule has 0 saturated heterocycles. The number of methoxy groups -OCH3 is 1. The highest BCUT2D eigenvalue weighted by Crippen LogP contribution is 2.24. The van der Waals surface area contributed by atoms with Crippen LogP contribution in [-0.2, 0) is 6.54 Å². The molecule has 1 aromatic heterocycles. The number of halogens is 1. The van der Waals surface area contributed by atoms with Crippen molar-refractivity contribution in [1.82, 2.24) is 15.1 Å². The fourth-order valence-corrected chi connectivity index (χ4v) is 3.39. The number of rotatable bonds is 8. The topological polar surface area (TPSA) is 59.3 Å². The maximum absolute atomic E-state index is 13.4. The zero-order valence-corrected chi connectivity index (χ0v) is 17.2. The fraction of sp³-hybridized carbons (Fsp3) is 0.160. The Hall–Kier alpha value is -3.48. The third-order valence-electron chi connectivity index (χ3n) is 5.08. The lowest BCUT2D eigenvalue weighted by atomic mass is 10.1. The minimum atomic E-state index is -0.649. The molecule has 31 heavy (non-hydrogen) atoms. The Morgan fingerprint density at radius 1 is 1.00 bits per heavy atom. The molecule has 0 radical (unpaired) electrons. The van der Waals surface area contributed by atoms with Crippen LogP contribution < -0.4 is 10.1 Å². The van der Waals surface area contributed by atoms with E-state index in [1.807, 2.05) is 65.5 Å². The highest BCUT2D eigenvalue weighted by Gasteiger charge is 2.14. The van der Waals surface area contributed by atoms with Gasteiger partial charge in [-0.25, -0.2) is 9.07 Å². The molecule has 0 saturated carbocycles. The number of aromatic nitrogens is 2. The largest absolute Gasteiger partial charge is 0.497 e. The minimum absolute atomic E-state index is 0.284. The summed E-state index contributed by atoms with van der Waals surface area (Å²) in [6.07, 6.45) is 1.31. The summed E-state index contributed by atoms with van der Waals surface area (Å²) in [5.41, 5.74) is 4.32. The van der Waals surface area contributed by atoms with Gasteiger partial charge in [-0.15, -0.1) is 0 Å². The maximum Gasteiger partial charge on any atom is 0.123 e. The average Bonchev–Trinajstić information content (AvgIpc) is 3.24. The van der Waals surface area contributed by atoms with Crippen molar-refractivity contribution in [2.75, 3.05) is 13.7 Å². The molecular formula is C25H24FN3O2. The van der Waals surface area contributed by atoms with Crippen LogP contribution in [0.25, 0.3) is 16.9 Å². The van der Waals surface area contributed by atoms with E-state index in [0.717, 1.165) is 33.8 Å². The molecule has 2 N–H and O–H groups in total. The van der Waals surface area contributed by atoms with Crippen molar-refractivity contribution in [1.29, 1.82) is 0 Å². The fourth-order valence-electron chi connectivity index (χ4n) is 3.39. The van der Waals surface area contributed by atoms with Crippen LogP contribution in [-0.4, -0.2) is 28.5 Å². The van der Waals surface area contributed by atoms with Crippen molar-refractivity contribution >= 4 is 0 Å². The van der Waals surface area contributed by atoms with Crippen LogP contribution in [0.15, 0.2) is 85.1 Å². The molecule has 0 aliphatic heterocycles. The number of hydrogen-bond donors (Lipinski definition) is 2. The smallest absolute Gasteiger partial charge is 0.123 e. The molecule has 3 aromatic carbocycles. The molecule has 0 aliphatic rings. The van der Waals surface area contributed by atoms with Gasteiger partial charge in [0.05, 0.1) is 24.6 Å². The summed E-state index contributed by atoms with van der Waals surface area (Å²) < 4.78 is 20.4. The Kier molecular flexibility index (Phi) is 6.40. The highest BCUT2D eigenvalue weighted by atomic mass is 19.1. The number of nitrogens with zero attached hydrogens (tertiary/aromatic N) is 2. The number of nitrogens with one attached hydrogen (secondary N) is 1. The van der Waals surface area contributed by atoms with Gasteiger partial charge in [-0.3, -0.25) is 0 Å². The van der Waals surface area contributed by atoms with Gasteiger partial charge in [0.1, 0.15) is 11.6 Å². The molecule has 0 amide bonds. The van der Waals surface area contributed by atoms with Gasteiger partial charge in [0.25, 0.3) is 0 Å². The zero-order chi connectivity index (χ0) is 21.6. The SMILES string of the molecule is COc1ccc(C(O)CNCc2cn(-c3ccccc3)nc2-c2ccc(F)cc2)cc1. The summed E-state index contributed by atoms with van der Waals surface area (Å²) >= 11 is 0. The molecule has 1 heterocycles. The maximum atomic E-state index is 13.4. The number of ether oxygens (including phenoxy) is 1. The van der Waals surface area contributed by atoms with E-state index in [0.29, 0.717) is 13.1 Å². The Morgan fingerprint density at radius 3 is 2.39 bits per heavy atom. The number of hydrogen-bond acceptors (Lipinski definition) is 4. The van der Waals surface area contributed by atoms with Crippen molar-refractivity contribution in [3.05, 3.63) is 102 Å². The summed E-state index contributed by atoms with van der Waals surface area (Å²) in [6.45, 7) is 0.887. The van der Waals surface area contributed by atoms with Gasteiger partial charge in [0.2, 0.25) is 0 Å². The Balaban J connectivity index is 1.52. The first-order valence-corrected chi connectivity index (χ1v) is 10.1. The van der Waals surface area contributed by atoms with Gasteiger partial charge in [0.15, 0.2) is 0 Å². The van der Waals surface area contributed by atoms with Gasteiger partial charge in [0, 0.05) is 30.4 Å². The summed E-state index contributed by atoms with van der Waals surface area (Å²) in [4.78, 5) is 0. The Bertz CT molecular complexity index is 1110. The highest BCUT2D eigenvalue weighted by molar-refractivity contribution is 5.63. The Labute approximate surface area is 180 Å². The van der Waals surface area contributed by atoms with Crippen molar-refractivity contribution in [2.24, 2.45) is 0 Å². The zero-order valence-electron chi connectivity index (χ0n) is 17.2. The molecule has 0 bridgehead atoms. The molecule has 6 heteroatoms. The number of para-hydroxylation sites is 1. The number of aliphatic hydroxyl groups is 1. The first-order chi connectivity index (χ1) is 15.1. The van der Waals surface area contributed by atoms with Crippen molar-refractivity contribution in [2.45, 2.75) is 12.6 Å². The lowest BCUT2D eigenvalue weighted by molar-refractivity contribution is 0.174. The molecule has 4 aromatic rings. The molecule has 0 fully saturated rings. The van der Waals surface area contributed by atoms with E-state index in [-0.39, 0.29) is 5.82 Å². The third kappa shape index (κ3) is 4.99. The molecule has 4 rings (SSSR count). The second-order valence-corrected chi connectivity index (χ2v) is 7.21. The third-order valence-corrected chi connectivity index (χ3v) is 5.08. The van der Waals surface area contributed by atoms with Crippen molar-refractivity contribution in [3.8, 4) is 22.7 Å². The molecule has 0 aliphatic carbocycles. The van der Waals surface area contributed by atoms with E-state index >= 15 is 0 Å². The quantitative estimate of drug-likeness (QED) is 0.443. The molecule has 158 valence electrons. The van der Waals surface area contributed by atoms with Gasteiger partial charge in [-0.05, 0) is 54.1 Å². The molecule has 5 nitrogen and oxygen atoms in total. The lowest BCUT2D eigenvalue weighted by Gasteiger charge is -2.13. The minimum Gasteiger partial charge on any atom is -0.497 e. The van der Waals surface area contributed by atoms with E-state index in [9.17, 15) is 9.50 Å². The van der Waals surface area contributed by atoms with Crippen LogP contribution in [0.4, 0.5) is 4.39 Å².